The Kier molecular flexibility index (Phi) is 2.73. The van der Waals surface area contributed by atoms with E-state index < -0.39 is 11.5 Å². The lowest BCUT2D eigenvalue weighted by Crippen LogP contribution is -2.20. The number of anilines is 1. The molecule has 0 saturated heterocycles. The molecule has 0 aliphatic carbocycles. The number of aromatic nitrogens is 3. The zero-order valence-electron chi connectivity index (χ0n) is 9.06. The number of fused-ring (bicyclic) bond motifs is 1. The molecule has 2 heterocycles. The second kappa shape index (κ2) is 4.20. The van der Waals surface area contributed by atoms with Crippen molar-refractivity contribution in [1.29, 1.82) is 0 Å². The van der Waals surface area contributed by atoms with Crippen LogP contribution in [0.1, 0.15) is 17.3 Å². The van der Waals surface area contributed by atoms with E-state index in [1.165, 1.54) is 12.3 Å². The Labute approximate surface area is 95.6 Å². The Morgan fingerprint density at radius 2 is 2.35 bits per heavy atom. The van der Waals surface area contributed by atoms with Gasteiger partial charge in [0.15, 0.2) is 0 Å². The van der Waals surface area contributed by atoms with Crippen LogP contribution >= 0.6 is 0 Å². The molecule has 0 spiro atoms. The normalized spacial score (nSPS) is 10.4. The molecule has 0 radical (unpaired) electrons. The van der Waals surface area contributed by atoms with Gasteiger partial charge in [-0.1, -0.05) is 0 Å². The van der Waals surface area contributed by atoms with Gasteiger partial charge in [0.2, 0.25) is 5.95 Å². The van der Waals surface area contributed by atoms with Gasteiger partial charge < -0.3 is 15.5 Å². The monoisotopic (exact) mass is 234 g/mol. The number of nitrogen functional groups attached to an aromatic ring is 1. The maximum atomic E-state index is 11.6. The van der Waals surface area contributed by atoms with Gasteiger partial charge >= 0.3 is 5.97 Å². The van der Waals surface area contributed by atoms with Crippen LogP contribution in [0.4, 0.5) is 5.95 Å². The molecule has 0 atom stereocenters. The smallest absolute Gasteiger partial charge is 0.343 e. The molecule has 0 bridgehead atoms. The van der Waals surface area contributed by atoms with E-state index in [0.717, 1.165) is 0 Å². The molecule has 0 aliphatic heterocycles. The molecule has 0 unspecified atom stereocenters. The molecule has 7 nitrogen and oxygen atoms in total. The van der Waals surface area contributed by atoms with Crippen molar-refractivity contribution in [1.82, 2.24) is 15.0 Å². The Hall–Kier alpha value is -2.44. The van der Waals surface area contributed by atoms with Crippen LogP contribution in [-0.4, -0.2) is 27.5 Å². The molecule has 0 aromatic carbocycles. The van der Waals surface area contributed by atoms with Gasteiger partial charge in [0, 0.05) is 11.6 Å². The van der Waals surface area contributed by atoms with Gasteiger partial charge in [-0.3, -0.25) is 4.79 Å². The van der Waals surface area contributed by atoms with E-state index in [1.807, 2.05) is 0 Å². The highest BCUT2D eigenvalue weighted by Gasteiger charge is 2.13. The second-order valence-corrected chi connectivity index (χ2v) is 3.26. The number of hydrogen-bond acceptors (Lipinski definition) is 6. The first kappa shape index (κ1) is 11.1. The maximum Gasteiger partial charge on any atom is 0.343 e. The van der Waals surface area contributed by atoms with Gasteiger partial charge in [0.1, 0.15) is 11.2 Å². The second-order valence-electron chi connectivity index (χ2n) is 3.26. The first-order valence-corrected chi connectivity index (χ1v) is 4.94. The Morgan fingerprint density at radius 1 is 1.59 bits per heavy atom. The van der Waals surface area contributed by atoms with E-state index in [2.05, 4.69) is 15.0 Å². The van der Waals surface area contributed by atoms with Crippen molar-refractivity contribution in [3.8, 4) is 0 Å². The molecule has 2 aromatic rings. The molecular weight excluding hydrogens is 224 g/mol. The lowest BCUT2D eigenvalue weighted by molar-refractivity contribution is 0.0524. The van der Waals surface area contributed by atoms with Crippen molar-refractivity contribution in [2.45, 2.75) is 6.92 Å². The zero-order valence-corrected chi connectivity index (χ0v) is 9.06. The minimum atomic E-state index is -0.674. The van der Waals surface area contributed by atoms with Gasteiger partial charge in [-0.2, -0.15) is 4.98 Å². The first-order valence-electron chi connectivity index (χ1n) is 4.94. The van der Waals surface area contributed by atoms with Gasteiger partial charge in [-0.15, -0.1) is 0 Å². The van der Waals surface area contributed by atoms with Crippen molar-refractivity contribution in [3.05, 3.63) is 28.2 Å². The molecule has 0 fully saturated rings. The molecule has 3 N–H and O–H groups in total. The summed E-state index contributed by atoms with van der Waals surface area (Å²) in [6.07, 6.45) is 1.43. The van der Waals surface area contributed by atoms with Gasteiger partial charge in [-0.25, -0.2) is 9.78 Å². The molecule has 7 heteroatoms. The van der Waals surface area contributed by atoms with Gasteiger partial charge in [-0.05, 0) is 13.0 Å². The summed E-state index contributed by atoms with van der Waals surface area (Å²) in [6.45, 7) is 1.87. The SMILES string of the molecule is CCOC(=O)c1cc2cnc(N)nc2[nH]c1=O. The first-order chi connectivity index (χ1) is 8.11. The number of H-pyrrole nitrogens is 1. The highest BCUT2D eigenvalue weighted by atomic mass is 16.5. The van der Waals surface area contributed by atoms with E-state index in [0.29, 0.717) is 5.39 Å². The summed E-state index contributed by atoms with van der Waals surface area (Å²) >= 11 is 0. The Morgan fingerprint density at radius 3 is 3.06 bits per heavy atom. The van der Waals surface area contributed by atoms with Crippen molar-refractivity contribution < 1.29 is 9.53 Å². The third-order valence-corrected chi connectivity index (χ3v) is 2.11. The number of carbonyl (C=O) groups excluding carboxylic acids is 1. The summed E-state index contributed by atoms with van der Waals surface area (Å²) in [5, 5.41) is 0.516. The predicted molar refractivity (Wildman–Crippen MR) is 60.5 cm³/mol. The van der Waals surface area contributed by atoms with Crippen molar-refractivity contribution >= 4 is 23.0 Å². The third kappa shape index (κ3) is 2.07. The molecule has 0 aliphatic rings. The zero-order chi connectivity index (χ0) is 12.4. The lowest BCUT2D eigenvalue weighted by atomic mass is 10.2. The van der Waals surface area contributed by atoms with Crippen LogP contribution in [0.5, 0.6) is 0 Å². The van der Waals surface area contributed by atoms with E-state index in [-0.39, 0.29) is 23.8 Å². The third-order valence-electron chi connectivity index (χ3n) is 2.11. The Bertz CT molecular complexity index is 635. The molecule has 0 saturated carbocycles. The summed E-state index contributed by atoms with van der Waals surface area (Å²) < 4.78 is 4.76. The highest BCUT2D eigenvalue weighted by Crippen LogP contribution is 2.09. The number of pyridine rings is 1. The van der Waals surface area contributed by atoms with E-state index in [4.69, 9.17) is 10.5 Å². The minimum absolute atomic E-state index is 0.0528. The van der Waals surface area contributed by atoms with Crippen LogP contribution < -0.4 is 11.3 Å². The summed E-state index contributed by atoms with van der Waals surface area (Å²) in [4.78, 5) is 33.1. The van der Waals surface area contributed by atoms with Crippen LogP contribution in [0.25, 0.3) is 11.0 Å². The minimum Gasteiger partial charge on any atom is -0.462 e. The number of aromatic amines is 1. The fourth-order valence-corrected chi connectivity index (χ4v) is 1.37. The van der Waals surface area contributed by atoms with Gasteiger partial charge in [0.25, 0.3) is 5.56 Å². The standard InChI is InChI=1S/C10H10N4O3/c1-2-17-9(16)6-3-5-4-12-10(11)14-7(5)13-8(6)15/h3-4H,2H2,1H3,(H3,11,12,13,14,15). The summed E-state index contributed by atoms with van der Waals surface area (Å²) in [7, 11) is 0. The molecular formula is C10H10N4O3. The summed E-state index contributed by atoms with van der Waals surface area (Å²) in [5.74, 6) is -0.621. The van der Waals surface area contributed by atoms with Crippen LogP contribution in [0.15, 0.2) is 17.1 Å². The average Bonchev–Trinajstić information content (AvgIpc) is 2.28. The number of carbonyl (C=O) groups is 1. The van der Waals surface area contributed by atoms with Crippen molar-refractivity contribution in [3.63, 3.8) is 0 Å². The van der Waals surface area contributed by atoms with Crippen LogP contribution in [0, 0.1) is 0 Å². The molecule has 88 valence electrons. The van der Waals surface area contributed by atoms with E-state index >= 15 is 0 Å². The molecule has 0 amide bonds. The largest absolute Gasteiger partial charge is 0.462 e. The number of ether oxygens (including phenoxy) is 1. The molecule has 2 aromatic heterocycles. The maximum absolute atomic E-state index is 11.6. The number of nitrogens with zero attached hydrogens (tertiary/aromatic N) is 2. The number of hydrogen-bond donors (Lipinski definition) is 2. The number of esters is 1. The number of nitrogens with one attached hydrogen (secondary N) is 1. The Balaban J connectivity index is 2.60. The van der Waals surface area contributed by atoms with Crippen LogP contribution in [-0.2, 0) is 4.74 Å². The fourth-order valence-electron chi connectivity index (χ4n) is 1.37. The highest BCUT2D eigenvalue weighted by molar-refractivity contribution is 5.92. The van der Waals surface area contributed by atoms with Crippen molar-refractivity contribution in [2.75, 3.05) is 12.3 Å². The van der Waals surface area contributed by atoms with Crippen LogP contribution in [0.2, 0.25) is 0 Å². The fraction of sp³-hybridized carbons (Fsp3) is 0.200. The topological polar surface area (TPSA) is 111 Å². The van der Waals surface area contributed by atoms with Crippen molar-refractivity contribution in [2.24, 2.45) is 0 Å². The summed E-state index contributed by atoms with van der Waals surface area (Å²) in [5.41, 5.74) is 5.03. The molecule has 2 rings (SSSR count). The number of rotatable bonds is 2. The predicted octanol–water partition coefficient (Wildman–Crippen LogP) is 0.0770. The number of nitrogens with two attached hydrogens (primary N) is 1. The summed E-state index contributed by atoms with van der Waals surface area (Å²) in [6, 6.07) is 1.38. The van der Waals surface area contributed by atoms with Crippen LogP contribution in [0.3, 0.4) is 0 Å². The van der Waals surface area contributed by atoms with E-state index in [1.54, 1.807) is 6.92 Å². The van der Waals surface area contributed by atoms with E-state index in [9.17, 15) is 9.59 Å². The average molecular weight is 234 g/mol. The molecule has 17 heavy (non-hydrogen) atoms. The van der Waals surface area contributed by atoms with Gasteiger partial charge in [0.05, 0.1) is 6.61 Å². The quantitative estimate of drug-likeness (QED) is 0.711. The lowest BCUT2D eigenvalue weighted by Gasteiger charge is -2.02.